The zero-order chi connectivity index (χ0) is 20.5. The lowest BCUT2D eigenvalue weighted by Gasteiger charge is -2.06. The summed E-state index contributed by atoms with van der Waals surface area (Å²) in [5.41, 5.74) is 3.07. The molecule has 1 heterocycles. The Morgan fingerprint density at radius 1 is 1.07 bits per heavy atom. The van der Waals surface area contributed by atoms with Crippen LogP contribution in [0.4, 0.5) is 0 Å². The second-order valence-corrected chi connectivity index (χ2v) is 6.59. The number of nitrogens with zero attached hydrogens (tertiary/aromatic N) is 1. The molecule has 5 heteroatoms. The number of hydrogen-bond donors (Lipinski definition) is 0. The van der Waals surface area contributed by atoms with E-state index in [2.05, 4.69) is 9.72 Å². The standard InChI is InChI=1S/C24H25NO4/c1-18-22(25-24(29-18)20-9-4-3-5-10-20)16-17-28-21-14-12-19(13-15-21)8-6-7-11-23(26)27-2/h3-5,7,9-15H,6,8,16-17H2,1-2H3/b11-7+. The van der Waals surface area contributed by atoms with Gasteiger partial charge in [0.1, 0.15) is 11.5 Å². The van der Waals surface area contributed by atoms with Crippen molar-refractivity contribution in [3.63, 3.8) is 0 Å². The number of benzene rings is 2. The molecule has 5 nitrogen and oxygen atoms in total. The van der Waals surface area contributed by atoms with Crippen LogP contribution in [0.3, 0.4) is 0 Å². The minimum atomic E-state index is -0.327. The molecule has 29 heavy (non-hydrogen) atoms. The molecule has 150 valence electrons. The molecular weight excluding hydrogens is 366 g/mol. The van der Waals surface area contributed by atoms with Crippen LogP contribution in [0.5, 0.6) is 5.75 Å². The van der Waals surface area contributed by atoms with Crippen molar-refractivity contribution in [3.8, 4) is 17.2 Å². The summed E-state index contributed by atoms with van der Waals surface area (Å²) < 4.78 is 16.2. The first-order valence-corrected chi connectivity index (χ1v) is 9.63. The molecule has 0 bridgehead atoms. The number of aryl methyl sites for hydroxylation is 2. The summed E-state index contributed by atoms with van der Waals surface area (Å²) in [6.07, 6.45) is 5.59. The van der Waals surface area contributed by atoms with Gasteiger partial charge in [0, 0.05) is 18.1 Å². The predicted molar refractivity (Wildman–Crippen MR) is 112 cm³/mol. The van der Waals surface area contributed by atoms with E-state index < -0.39 is 0 Å². The fourth-order valence-electron chi connectivity index (χ4n) is 2.88. The largest absolute Gasteiger partial charge is 0.493 e. The van der Waals surface area contributed by atoms with Crippen LogP contribution in [-0.4, -0.2) is 24.7 Å². The molecule has 3 rings (SSSR count). The topological polar surface area (TPSA) is 61.6 Å². The molecule has 0 aliphatic carbocycles. The fourth-order valence-corrected chi connectivity index (χ4v) is 2.88. The molecule has 0 N–H and O–H groups in total. The summed E-state index contributed by atoms with van der Waals surface area (Å²) in [4.78, 5) is 15.6. The zero-order valence-corrected chi connectivity index (χ0v) is 16.8. The van der Waals surface area contributed by atoms with Crippen LogP contribution in [0.15, 0.2) is 71.2 Å². The molecule has 3 aromatic rings. The average Bonchev–Trinajstić information content (AvgIpc) is 3.13. The van der Waals surface area contributed by atoms with Gasteiger partial charge in [-0.05, 0) is 49.6 Å². The predicted octanol–water partition coefficient (Wildman–Crippen LogP) is 4.93. The van der Waals surface area contributed by atoms with E-state index >= 15 is 0 Å². The highest BCUT2D eigenvalue weighted by Crippen LogP contribution is 2.22. The van der Waals surface area contributed by atoms with Gasteiger partial charge in [-0.3, -0.25) is 0 Å². The molecule has 0 aliphatic heterocycles. The highest BCUT2D eigenvalue weighted by atomic mass is 16.5. The molecule has 0 amide bonds. The maximum absolute atomic E-state index is 11.0. The van der Waals surface area contributed by atoms with Crippen molar-refractivity contribution >= 4 is 5.97 Å². The van der Waals surface area contributed by atoms with Crippen molar-refractivity contribution in [3.05, 3.63) is 83.8 Å². The smallest absolute Gasteiger partial charge is 0.330 e. The summed E-state index contributed by atoms with van der Waals surface area (Å²) >= 11 is 0. The van der Waals surface area contributed by atoms with E-state index in [1.165, 1.54) is 18.7 Å². The molecule has 2 aromatic carbocycles. The minimum Gasteiger partial charge on any atom is -0.493 e. The molecule has 0 unspecified atom stereocenters. The Balaban J connectivity index is 1.47. The fraction of sp³-hybridized carbons (Fsp3) is 0.250. The minimum absolute atomic E-state index is 0.327. The lowest BCUT2D eigenvalue weighted by atomic mass is 10.1. The van der Waals surface area contributed by atoms with Crippen LogP contribution in [0.2, 0.25) is 0 Å². The van der Waals surface area contributed by atoms with E-state index in [-0.39, 0.29) is 5.97 Å². The Hall–Kier alpha value is -3.34. The first-order chi connectivity index (χ1) is 14.2. The van der Waals surface area contributed by atoms with Crippen LogP contribution >= 0.6 is 0 Å². The third kappa shape index (κ3) is 6.07. The lowest BCUT2D eigenvalue weighted by Crippen LogP contribution is -2.02. The molecule has 0 aliphatic rings. The average molecular weight is 391 g/mol. The summed E-state index contributed by atoms with van der Waals surface area (Å²) in [7, 11) is 1.37. The van der Waals surface area contributed by atoms with Crippen molar-refractivity contribution in [2.45, 2.75) is 26.2 Å². The van der Waals surface area contributed by atoms with E-state index in [0.29, 0.717) is 18.9 Å². The van der Waals surface area contributed by atoms with E-state index in [0.717, 1.165) is 35.6 Å². The van der Waals surface area contributed by atoms with Crippen molar-refractivity contribution in [2.75, 3.05) is 13.7 Å². The van der Waals surface area contributed by atoms with Gasteiger partial charge in [-0.15, -0.1) is 0 Å². The monoisotopic (exact) mass is 391 g/mol. The summed E-state index contributed by atoms with van der Waals surface area (Å²) in [6.45, 7) is 2.46. The molecule has 0 radical (unpaired) electrons. The van der Waals surface area contributed by atoms with Crippen LogP contribution in [-0.2, 0) is 22.4 Å². The van der Waals surface area contributed by atoms with Crippen LogP contribution in [0, 0.1) is 6.92 Å². The third-order valence-corrected chi connectivity index (χ3v) is 4.50. The van der Waals surface area contributed by atoms with Gasteiger partial charge in [0.05, 0.1) is 19.4 Å². The van der Waals surface area contributed by atoms with Crippen molar-refractivity contribution in [2.24, 2.45) is 0 Å². The molecule has 0 spiro atoms. The maximum atomic E-state index is 11.0. The first-order valence-electron chi connectivity index (χ1n) is 9.63. The van der Waals surface area contributed by atoms with Crippen molar-refractivity contribution in [1.82, 2.24) is 4.98 Å². The van der Waals surface area contributed by atoms with E-state index in [1.807, 2.05) is 67.6 Å². The number of hydrogen-bond acceptors (Lipinski definition) is 5. The Kier molecular flexibility index (Phi) is 7.22. The van der Waals surface area contributed by atoms with Gasteiger partial charge < -0.3 is 13.9 Å². The summed E-state index contributed by atoms with van der Waals surface area (Å²) in [5, 5.41) is 0. The quantitative estimate of drug-likeness (QED) is 0.382. The normalized spacial score (nSPS) is 11.0. The highest BCUT2D eigenvalue weighted by molar-refractivity contribution is 5.81. The lowest BCUT2D eigenvalue weighted by molar-refractivity contribution is -0.134. The SMILES string of the molecule is COC(=O)/C=C/CCc1ccc(OCCc2nc(-c3ccccc3)oc2C)cc1. The molecule has 0 fully saturated rings. The molecular formula is C24H25NO4. The Morgan fingerprint density at radius 3 is 2.55 bits per heavy atom. The number of esters is 1. The van der Waals surface area contributed by atoms with Gasteiger partial charge in [0.25, 0.3) is 0 Å². The van der Waals surface area contributed by atoms with Crippen molar-refractivity contribution in [1.29, 1.82) is 0 Å². The number of allylic oxidation sites excluding steroid dienone is 1. The highest BCUT2D eigenvalue weighted by Gasteiger charge is 2.11. The van der Waals surface area contributed by atoms with Crippen LogP contribution in [0.25, 0.3) is 11.5 Å². The number of methoxy groups -OCH3 is 1. The number of carbonyl (C=O) groups excluding carboxylic acids is 1. The van der Waals surface area contributed by atoms with Crippen LogP contribution < -0.4 is 4.74 Å². The van der Waals surface area contributed by atoms with Gasteiger partial charge in [0.15, 0.2) is 0 Å². The molecule has 0 saturated heterocycles. The van der Waals surface area contributed by atoms with E-state index in [4.69, 9.17) is 9.15 Å². The Morgan fingerprint density at radius 2 is 1.83 bits per heavy atom. The van der Waals surface area contributed by atoms with Gasteiger partial charge >= 0.3 is 5.97 Å². The zero-order valence-electron chi connectivity index (χ0n) is 16.8. The van der Waals surface area contributed by atoms with E-state index in [1.54, 1.807) is 0 Å². The maximum Gasteiger partial charge on any atom is 0.330 e. The number of aromatic nitrogens is 1. The van der Waals surface area contributed by atoms with Gasteiger partial charge in [-0.1, -0.05) is 36.4 Å². The second-order valence-electron chi connectivity index (χ2n) is 6.59. The van der Waals surface area contributed by atoms with E-state index in [9.17, 15) is 4.79 Å². The Bertz CT molecular complexity index is 943. The second kappa shape index (κ2) is 10.3. The summed E-state index contributed by atoms with van der Waals surface area (Å²) in [6, 6.07) is 17.9. The van der Waals surface area contributed by atoms with Gasteiger partial charge in [0.2, 0.25) is 5.89 Å². The molecule has 1 aromatic heterocycles. The Labute approximate surface area is 171 Å². The van der Waals surface area contributed by atoms with Gasteiger partial charge in [-0.2, -0.15) is 0 Å². The number of ether oxygens (including phenoxy) is 2. The third-order valence-electron chi connectivity index (χ3n) is 4.50. The number of rotatable bonds is 9. The first kappa shape index (κ1) is 20.4. The van der Waals surface area contributed by atoms with Crippen LogP contribution in [0.1, 0.15) is 23.4 Å². The summed E-state index contributed by atoms with van der Waals surface area (Å²) in [5.74, 6) is 1.96. The molecule has 0 saturated carbocycles. The van der Waals surface area contributed by atoms with Gasteiger partial charge in [-0.25, -0.2) is 9.78 Å². The number of carbonyl (C=O) groups is 1. The number of oxazole rings is 1. The van der Waals surface area contributed by atoms with Crippen molar-refractivity contribution < 1.29 is 18.7 Å². The molecule has 0 atom stereocenters.